The van der Waals surface area contributed by atoms with Crippen LogP contribution in [0, 0.1) is 0 Å². The SMILES string of the molecule is FC(F)(F)c1cc(N=C/C=C/Nc2ccc(Cl)c(C(F)(F)F)c2)ccc1Cl. The van der Waals surface area contributed by atoms with Crippen LogP contribution in [0.25, 0.3) is 0 Å². The standard InChI is InChI=1S/C17H10Cl2F6N2/c18-14-4-2-10(8-12(14)16(20,21)22)26-6-1-7-27-11-3-5-15(19)13(9-11)17(23,24)25/h1-9,26H/b6-1+,27-7?. The van der Waals surface area contributed by atoms with Crippen LogP contribution >= 0.6 is 23.2 Å². The number of halogens is 8. The number of hydrogen-bond acceptors (Lipinski definition) is 2. The molecule has 0 aliphatic carbocycles. The summed E-state index contributed by atoms with van der Waals surface area (Å²) < 4.78 is 76.6. The van der Waals surface area contributed by atoms with Crippen LogP contribution in [0.15, 0.2) is 53.7 Å². The number of nitrogens with one attached hydrogen (secondary N) is 1. The van der Waals surface area contributed by atoms with Gasteiger partial charge in [0.1, 0.15) is 0 Å². The molecule has 0 saturated heterocycles. The van der Waals surface area contributed by atoms with E-state index in [1.54, 1.807) is 0 Å². The molecule has 2 nitrogen and oxygen atoms in total. The lowest BCUT2D eigenvalue weighted by Gasteiger charge is -2.10. The molecule has 10 heteroatoms. The minimum atomic E-state index is -4.61. The Morgan fingerprint density at radius 1 is 0.815 bits per heavy atom. The number of hydrogen-bond donors (Lipinski definition) is 1. The van der Waals surface area contributed by atoms with Crippen molar-refractivity contribution in [3.8, 4) is 0 Å². The van der Waals surface area contributed by atoms with Crippen molar-refractivity contribution in [3.63, 3.8) is 0 Å². The molecule has 1 N–H and O–H groups in total. The average molecular weight is 427 g/mol. The van der Waals surface area contributed by atoms with E-state index in [2.05, 4.69) is 10.3 Å². The molecule has 0 heterocycles. The summed E-state index contributed by atoms with van der Waals surface area (Å²) in [4.78, 5) is 3.81. The van der Waals surface area contributed by atoms with Gasteiger partial charge in [0.25, 0.3) is 0 Å². The van der Waals surface area contributed by atoms with Crippen molar-refractivity contribution >= 4 is 40.8 Å². The molecule has 2 rings (SSSR count). The third kappa shape index (κ3) is 5.90. The third-order valence-corrected chi connectivity index (χ3v) is 3.84. The van der Waals surface area contributed by atoms with Gasteiger partial charge in [0.2, 0.25) is 0 Å². The first-order valence-electron chi connectivity index (χ1n) is 7.18. The van der Waals surface area contributed by atoms with Crippen molar-refractivity contribution in [2.75, 3.05) is 5.32 Å². The fourth-order valence-electron chi connectivity index (χ4n) is 1.96. The van der Waals surface area contributed by atoms with Crippen LogP contribution in [-0.4, -0.2) is 6.21 Å². The van der Waals surface area contributed by atoms with Crippen LogP contribution in [0.1, 0.15) is 11.1 Å². The first-order valence-corrected chi connectivity index (χ1v) is 7.93. The van der Waals surface area contributed by atoms with E-state index in [9.17, 15) is 26.3 Å². The van der Waals surface area contributed by atoms with Crippen LogP contribution in [-0.2, 0) is 12.4 Å². The number of nitrogens with zero attached hydrogens (tertiary/aromatic N) is 1. The second-order valence-electron chi connectivity index (χ2n) is 5.14. The van der Waals surface area contributed by atoms with Crippen molar-refractivity contribution < 1.29 is 26.3 Å². The number of aliphatic imine (C=N–C) groups is 1. The van der Waals surface area contributed by atoms with E-state index in [4.69, 9.17) is 23.2 Å². The van der Waals surface area contributed by atoms with E-state index in [1.807, 2.05) is 0 Å². The Morgan fingerprint density at radius 3 is 1.96 bits per heavy atom. The van der Waals surface area contributed by atoms with Gasteiger partial charge in [-0.2, -0.15) is 26.3 Å². The summed E-state index contributed by atoms with van der Waals surface area (Å²) in [5.41, 5.74) is -1.86. The zero-order chi connectivity index (χ0) is 20.2. The molecule has 0 aromatic heterocycles. The number of rotatable bonds is 4. The smallest absolute Gasteiger partial charge is 0.362 e. The minimum absolute atomic E-state index is 0.0159. The second kappa shape index (κ2) is 8.22. The maximum absolute atomic E-state index is 12.8. The molecule has 2 aromatic rings. The van der Waals surface area contributed by atoms with Crippen molar-refractivity contribution in [3.05, 3.63) is 69.8 Å². The fraction of sp³-hybridized carbons (Fsp3) is 0.118. The van der Waals surface area contributed by atoms with Gasteiger partial charge >= 0.3 is 12.4 Å². The predicted octanol–water partition coefficient (Wildman–Crippen LogP) is 7.36. The lowest BCUT2D eigenvalue weighted by Crippen LogP contribution is -2.06. The molecule has 0 spiro atoms. The molecule has 0 radical (unpaired) electrons. The Morgan fingerprint density at radius 2 is 1.37 bits per heavy atom. The monoisotopic (exact) mass is 426 g/mol. The summed E-state index contributed by atoms with van der Waals surface area (Å²) in [6.07, 6.45) is -5.44. The normalized spacial score (nSPS) is 12.9. The van der Waals surface area contributed by atoms with Gasteiger partial charge in [-0.05, 0) is 42.5 Å². The molecular formula is C17H10Cl2F6N2. The van der Waals surface area contributed by atoms with E-state index in [0.29, 0.717) is 0 Å². The van der Waals surface area contributed by atoms with E-state index >= 15 is 0 Å². The third-order valence-electron chi connectivity index (χ3n) is 3.18. The maximum Gasteiger partial charge on any atom is 0.417 e. The summed E-state index contributed by atoms with van der Waals surface area (Å²) in [5, 5.41) is 1.71. The topological polar surface area (TPSA) is 24.4 Å². The highest BCUT2D eigenvalue weighted by atomic mass is 35.5. The Balaban J connectivity index is 2.07. The van der Waals surface area contributed by atoms with E-state index in [0.717, 1.165) is 24.3 Å². The molecular weight excluding hydrogens is 417 g/mol. The van der Waals surface area contributed by atoms with Crippen LogP contribution in [0.2, 0.25) is 10.0 Å². The Labute approximate surface area is 160 Å². The molecule has 27 heavy (non-hydrogen) atoms. The second-order valence-corrected chi connectivity index (χ2v) is 5.95. The number of anilines is 1. The van der Waals surface area contributed by atoms with Crippen molar-refractivity contribution in [2.24, 2.45) is 4.99 Å². The average Bonchev–Trinajstić information content (AvgIpc) is 2.55. The Kier molecular flexibility index (Phi) is 6.43. The summed E-state index contributed by atoms with van der Waals surface area (Å²) in [6, 6.07) is 6.43. The van der Waals surface area contributed by atoms with Crippen LogP contribution in [0.4, 0.5) is 37.7 Å². The zero-order valence-corrected chi connectivity index (χ0v) is 14.7. The summed E-state index contributed by atoms with van der Waals surface area (Å²) in [5.74, 6) is 0. The summed E-state index contributed by atoms with van der Waals surface area (Å²) >= 11 is 11.0. The zero-order valence-electron chi connectivity index (χ0n) is 13.2. The Bertz CT molecular complexity index is 873. The lowest BCUT2D eigenvalue weighted by atomic mass is 10.2. The van der Waals surface area contributed by atoms with Gasteiger partial charge < -0.3 is 5.32 Å². The molecule has 0 saturated carbocycles. The molecule has 0 amide bonds. The van der Waals surface area contributed by atoms with Gasteiger partial charge in [0.15, 0.2) is 0 Å². The molecule has 0 aliphatic rings. The molecule has 0 aliphatic heterocycles. The van der Waals surface area contributed by atoms with Crippen molar-refractivity contribution in [2.45, 2.75) is 12.4 Å². The number of allylic oxidation sites excluding steroid dienone is 1. The highest BCUT2D eigenvalue weighted by Gasteiger charge is 2.34. The highest BCUT2D eigenvalue weighted by molar-refractivity contribution is 6.31. The molecule has 0 unspecified atom stereocenters. The van der Waals surface area contributed by atoms with Gasteiger partial charge in [0.05, 0.1) is 26.9 Å². The van der Waals surface area contributed by atoms with E-state index < -0.39 is 33.5 Å². The highest BCUT2D eigenvalue weighted by Crippen LogP contribution is 2.37. The van der Waals surface area contributed by atoms with Crippen LogP contribution < -0.4 is 5.32 Å². The van der Waals surface area contributed by atoms with E-state index in [1.165, 1.54) is 30.6 Å². The van der Waals surface area contributed by atoms with Gasteiger partial charge in [-0.1, -0.05) is 23.2 Å². The molecule has 144 valence electrons. The van der Waals surface area contributed by atoms with Crippen LogP contribution in [0.5, 0.6) is 0 Å². The summed E-state index contributed by atoms with van der Waals surface area (Å²) in [7, 11) is 0. The van der Waals surface area contributed by atoms with Gasteiger partial charge in [-0.25, -0.2) is 0 Å². The molecule has 0 fully saturated rings. The first-order chi connectivity index (χ1) is 12.5. The fourth-order valence-corrected chi connectivity index (χ4v) is 2.41. The maximum atomic E-state index is 12.8. The van der Waals surface area contributed by atoms with Gasteiger partial charge in [-0.3, -0.25) is 4.99 Å². The number of benzene rings is 2. The summed E-state index contributed by atoms with van der Waals surface area (Å²) in [6.45, 7) is 0. The Hall–Kier alpha value is -2.19. The minimum Gasteiger partial charge on any atom is -0.362 e. The first kappa shape index (κ1) is 21.1. The number of alkyl halides is 6. The molecule has 2 aromatic carbocycles. The quantitative estimate of drug-likeness (QED) is 0.400. The predicted molar refractivity (Wildman–Crippen MR) is 93.8 cm³/mol. The largest absolute Gasteiger partial charge is 0.417 e. The van der Waals surface area contributed by atoms with Gasteiger partial charge in [-0.15, -0.1) is 0 Å². The van der Waals surface area contributed by atoms with Crippen LogP contribution in [0.3, 0.4) is 0 Å². The van der Waals surface area contributed by atoms with Gasteiger partial charge in [0, 0.05) is 18.1 Å². The molecule has 0 atom stereocenters. The molecule has 0 bridgehead atoms. The lowest BCUT2D eigenvalue weighted by molar-refractivity contribution is -0.138. The van der Waals surface area contributed by atoms with E-state index in [-0.39, 0.29) is 11.4 Å². The van der Waals surface area contributed by atoms with Crippen molar-refractivity contribution in [1.82, 2.24) is 0 Å². The van der Waals surface area contributed by atoms with Crippen molar-refractivity contribution in [1.29, 1.82) is 0 Å².